The van der Waals surface area contributed by atoms with Crippen LogP contribution in [0.4, 0.5) is 0 Å². The minimum absolute atomic E-state index is 0.540. The van der Waals surface area contributed by atoms with Crippen LogP contribution in [0.15, 0.2) is 31.6 Å². The first-order valence-corrected chi connectivity index (χ1v) is 6.71. The molecule has 4 nitrogen and oxygen atoms in total. The minimum Gasteiger partial charge on any atom is -0.421 e. The highest BCUT2D eigenvalue weighted by Gasteiger charge is 2.09. The van der Waals surface area contributed by atoms with E-state index in [2.05, 4.69) is 47.4 Å². The summed E-state index contributed by atoms with van der Waals surface area (Å²) in [6.45, 7) is 0.823. The topological polar surface area (TPSA) is 51.0 Å². The molecule has 1 N–H and O–H groups in total. The number of nitrogens with one attached hydrogen (secondary N) is 1. The summed E-state index contributed by atoms with van der Waals surface area (Å²) >= 11 is 6.86. The van der Waals surface area contributed by atoms with E-state index in [9.17, 15) is 0 Å². The second kappa shape index (κ2) is 5.75. The van der Waals surface area contributed by atoms with Crippen molar-refractivity contribution in [3.63, 3.8) is 0 Å². The number of hydrogen-bond donors (Lipinski definition) is 1. The van der Waals surface area contributed by atoms with E-state index in [-0.39, 0.29) is 0 Å². The molecule has 6 heteroatoms. The lowest BCUT2D eigenvalue weighted by Crippen LogP contribution is -2.10. The maximum Gasteiger partial charge on any atom is 0.247 e. The molecular weight excluding hydrogens is 350 g/mol. The second-order valence-electron chi connectivity index (χ2n) is 3.51. The van der Waals surface area contributed by atoms with Gasteiger partial charge in [0.15, 0.2) is 0 Å². The Kier molecular flexibility index (Phi) is 4.31. The van der Waals surface area contributed by atoms with Gasteiger partial charge < -0.3 is 9.73 Å². The van der Waals surface area contributed by atoms with Gasteiger partial charge in [0.2, 0.25) is 11.8 Å². The summed E-state index contributed by atoms with van der Waals surface area (Å²) in [5.74, 6) is 1.18. The molecule has 0 radical (unpaired) electrons. The number of likely N-dealkylation sites (N-methyl/N-ethyl adjacent to an activating group) is 1. The molecule has 17 heavy (non-hydrogen) atoms. The molecule has 0 fully saturated rings. The van der Waals surface area contributed by atoms with Gasteiger partial charge in [-0.3, -0.25) is 0 Å². The molecule has 0 saturated carbocycles. The molecule has 90 valence electrons. The standard InChI is InChI=1S/C11H11Br2N3O/c1-14-3-2-10-15-16-11(17-10)7-4-8(12)6-9(13)5-7/h4-6,14H,2-3H2,1H3. The molecule has 0 atom stereocenters. The van der Waals surface area contributed by atoms with Crippen molar-refractivity contribution >= 4 is 31.9 Å². The van der Waals surface area contributed by atoms with Crippen molar-refractivity contribution in [2.45, 2.75) is 6.42 Å². The number of benzene rings is 1. The number of aromatic nitrogens is 2. The largest absolute Gasteiger partial charge is 0.421 e. The third kappa shape index (κ3) is 3.37. The van der Waals surface area contributed by atoms with E-state index in [4.69, 9.17) is 4.42 Å². The van der Waals surface area contributed by atoms with Gasteiger partial charge >= 0.3 is 0 Å². The van der Waals surface area contributed by atoms with Crippen LogP contribution >= 0.6 is 31.9 Å². The summed E-state index contributed by atoms with van der Waals surface area (Å²) < 4.78 is 7.52. The Balaban J connectivity index is 2.24. The maximum absolute atomic E-state index is 5.58. The molecule has 0 saturated heterocycles. The fourth-order valence-corrected chi connectivity index (χ4v) is 2.67. The molecule has 0 aliphatic carbocycles. The lowest BCUT2D eigenvalue weighted by molar-refractivity contribution is 0.500. The highest BCUT2D eigenvalue weighted by atomic mass is 79.9. The van der Waals surface area contributed by atoms with Crippen molar-refractivity contribution in [2.24, 2.45) is 0 Å². The average molecular weight is 361 g/mol. The first-order valence-electron chi connectivity index (χ1n) is 5.12. The van der Waals surface area contributed by atoms with Crippen molar-refractivity contribution in [1.29, 1.82) is 0 Å². The van der Waals surface area contributed by atoms with Gasteiger partial charge in [0.25, 0.3) is 0 Å². The fourth-order valence-electron chi connectivity index (χ4n) is 1.38. The Morgan fingerprint density at radius 3 is 2.53 bits per heavy atom. The first kappa shape index (κ1) is 12.7. The zero-order chi connectivity index (χ0) is 12.3. The van der Waals surface area contributed by atoms with Crippen LogP contribution in [0.3, 0.4) is 0 Å². The van der Waals surface area contributed by atoms with Gasteiger partial charge in [-0.05, 0) is 25.2 Å². The highest BCUT2D eigenvalue weighted by molar-refractivity contribution is 9.11. The van der Waals surface area contributed by atoms with Gasteiger partial charge in [-0.15, -0.1) is 10.2 Å². The smallest absolute Gasteiger partial charge is 0.247 e. The Bertz CT molecular complexity index is 493. The highest BCUT2D eigenvalue weighted by Crippen LogP contribution is 2.26. The Hall–Kier alpha value is -0.720. The predicted octanol–water partition coefficient (Wildman–Crippen LogP) is 3.02. The molecular formula is C11H11Br2N3O. The zero-order valence-corrected chi connectivity index (χ0v) is 12.4. The van der Waals surface area contributed by atoms with Crippen molar-refractivity contribution in [3.8, 4) is 11.5 Å². The molecule has 0 aliphatic rings. The number of nitrogens with zero attached hydrogens (tertiary/aromatic N) is 2. The van der Waals surface area contributed by atoms with Crippen molar-refractivity contribution in [2.75, 3.05) is 13.6 Å². The second-order valence-corrected chi connectivity index (χ2v) is 5.34. The molecule has 0 bridgehead atoms. The SMILES string of the molecule is CNCCc1nnc(-c2cc(Br)cc(Br)c2)o1. The van der Waals surface area contributed by atoms with Crippen LogP contribution in [-0.2, 0) is 6.42 Å². The number of hydrogen-bond acceptors (Lipinski definition) is 4. The van der Waals surface area contributed by atoms with E-state index >= 15 is 0 Å². The molecule has 0 spiro atoms. The van der Waals surface area contributed by atoms with Crippen LogP contribution in [0.5, 0.6) is 0 Å². The van der Waals surface area contributed by atoms with Crippen LogP contribution < -0.4 is 5.32 Å². The fraction of sp³-hybridized carbons (Fsp3) is 0.273. The zero-order valence-electron chi connectivity index (χ0n) is 9.20. The summed E-state index contributed by atoms with van der Waals surface area (Å²) in [4.78, 5) is 0. The van der Waals surface area contributed by atoms with E-state index in [0.29, 0.717) is 11.8 Å². The summed E-state index contributed by atoms with van der Waals surface area (Å²) in [6.07, 6.45) is 0.735. The van der Waals surface area contributed by atoms with Crippen LogP contribution in [0, 0.1) is 0 Å². The van der Waals surface area contributed by atoms with Gasteiger partial charge in [-0.2, -0.15) is 0 Å². The van der Waals surface area contributed by atoms with Gasteiger partial charge in [-0.25, -0.2) is 0 Å². The molecule has 0 amide bonds. The van der Waals surface area contributed by atoms with Gasteiger partial charge in [0.1, 0.15) is 0 Å². The summed E-state index contributed by atoms with van der Waals surface area (Å²) in [5.41, 5.74) is 0.898. The normalized spacial score (nSPS) is 10.8. The Labute approximate surface area is 116 Å². The molecule has 2 aromatic rings. The van der Waals surface area contributed by atoms with Gasteiger partial charge in [0.05, 0.1) is 0 Å². The lowest BCUT2D eigenvalue weighted by atomic mass is 10.2. The predicted molar refractivity (Wildman–Crippen MR) is 72.8 cm³/mol. The van der Waals surface area contributed by atoms with Crippen LogP contribution in [0.2, 0.25) is 0 Å². The quantitative estimate of drug-likeness (QED) is 0.910. The van der Waals surface area contributed by atoms with Crippen molar-refractivity contribution < 1.29 is 4.42 Å². The Morgan fingerprint density at radius 1 is 1.18 bits per heavy atom. The lowest BCUT2D eigenvalue weighted by Gasteiger charge is -1.98. The minimum atomic E-state index is 0.540. The Morgan fingerprint density at radius 2 is 1.88 bits per heavy atom. The summed E-state index contributed by atoms with van der Waals surface area (Å²) in [7, 11) is 1.89. The van der Waals surface area contributed by atoms with Crippen LogP contribution in [0.1, 0.15) is 5.89 Å². The monoisotopic (exact) mass is 359 g/mol. The summed E-state index contributed by atoms with van der Waals surface area (Å²) in [6, 6.07) is 5.85. The van der Waals surface area contributed by atoms with Crippen LogP contribution in [-0.4, -0.2) is 23.8 Å². The number of halogens is 2. The molecule has 1 heterocycles. The third-order valence-electron chi connectivity index (χ3n) is 2.17. The molecule has 2 rings (SSSR count). The van der Waals surface area contributed by atoms with E-state index in [1.54, 1.807) is 0 Å². The van der Waals surface area contributed by atoms with Crippen LogP contribution in [0.25, 0.3) is 11.5 Å². The maximum atomic E-state index is 5.58. The van der Waals surface area contributed by atoms with E-state index in [1.165, 1.54) is 0 Å². The third-order valence-corrected chi connectivity index (χ3v) is 3.08. The van der Waals surface area contributed by atoms with E-state index < -0.39 is 0 Å². The first-order chi connectivity index (χ1) is 8.19. The molecule has 1 aromatic heterocycles. The average Bonchev–Trinajstić information content (AvgIpc) is 2.73. The summed E-state index contributed by atoms with van der Waals surface area (Å²) in [5, 5.41) is 11.1. The van der Waals surface area contributed by atoms with Crippen molar-refractivity contribution in [3.05, 3.63) is 33.0 Å². The van der Waals surface area contributed by atoms with E-state index in [1.807, 2.05) is 25.2 Å². The van der Waals surface area contributed by atoms with E-state index in [0.717, 1.165) is 27.5 Å². The van der Waals surface area contributed by atoms with Gasteiger partial charge in [0, 0.05) is 27.5 Å². The van der Waals surface area contributed by atoms with Crippen molar-refractivity contribution in [1.82, 2.24) is 15.5 Å². The number of rotatable bonds is 4. The van der Waals surface area contributed by atoms with Gasteiger partial charge in [-0.1, -0.05) is 31.9 Å². The molecule has 0 unspecified atom stereocenters. The molecule has 0 aliphatic heterocycles. The molecule has 1 aromatic carbocycles.